The van der Waals surface area contributed by atoms with Crippen LogP contribution in [0.3, 0.4) is 0 Å². The molecule has 0 aliphatic heterocycles. The van der Waals surface area contributed by atoms with Crippen LogP contribution in [0.2, 0.25) is 0 Å². The molecule has 0 saturated heterocycles. The number of aromatic nitrogens is 1. The number of methoxy groups -OCH3 is 1. The number of nitrogens with one attached hydrogen (secondary N) is 1. The maximum absolute atomic E-state index is 5.49. The molecule has 1 heterocycles. The van der Waals surface area contributed by atoms with Gasteiger partial charge in [0.1, 0.15) is 5.76 Å². The lowest BCUT2D eigenvalue weighted by Gasteiger charge is -2.10. The molecule has 1 aromatic carbocycles. The van der Waals surface area contributed by atoms with Crippen molar-refractivity contribution in [1.29, 1.82) is 0 Å². The van der Waals surface area contributed by atoms with E-state index in [2.05, 4.69) is 34.6 Å². The van der Waals surface area contributed by atoms with Crippen molar-refractivity contribution in [3.8, 4) is 0 Å². The predicted molar refractivity (Wildman–Crippen MR) is 73.6 cm³/mol. The third-order valence-electron chi connectivity index (χ3n) is 2.96. The van der Waals surface area contributed by atoms with Gasteiger partial charge >= 0.3 is 0 Å². The van der Waals surface area contributed by atoms with Gasteiger partial charge in [-0.05, 0) is 25.0 Å². The highest BCUT2D eigenvalue weighted by atomic mass is 16.5. The highest BCUT2D eigenvalue weighted by Gasteiger charge is 2.10. The summed E-state index contributed by atoms with van der Waals surface area (Å²) in [6.45, 7) is 5.39. The highest BCUT2D eigenvalue weighted by Crippen LogP contribution is 2.13. The Morgan fingerprint density at radius 2 is 1.95 bits per heavy atom. The fourth-order valence-electron chi connectivity index (χ4n) is 1.85. The van der Waals surface area contributed by atoms with E-state index < -0.39 is 0 Å². The monoisotopic (exact) mass is 260 g/mol. The maximum atomic E-state index is 5.49. The summed E-state index contributed by atoms with van der Waals surface area (Å²) in [5, 5.41) is 3.39. The van der Waals surface area contributed by atoms with E-state index >= 15 is 0 Å². The number of benzene rings is 1. The molecule has 0 bridgehead atoms. The van der Waals surface area contributed by atoms with Crippen molar-refractivity contribution in [3.63, 3.8) is 0 Å². The standard InChI is InChI=1S/C15H20N2O2/c1-11-8-17-15(19-11)12(2)16-9-13-4-6-14(7-5-13)10-18-3/h4-8,12,16H,9-10H2,1-3H3. The molecule has 0 saturated carbocycles. The van der Waals surface area contributed by atoms with Crippen molar-refractivity contribution in [2.24, 2.45) is 0 Å². The third kappa shape index (κ3) is 3.91. The minimum absolute atomic E-state index is 0.104. The number of nitrogens with zero attached hydrogens (tertiary/aromatic N) is 1. The third-order valence-corrected chi connectivity index (χ3v) is 2.96. The van der Waals surface area contributed by atoms with E-state index in [0.717, 1.165) is 18.2 Å². The average molecular weight is 260 g/mol. The van der Waals surface area contributed by atoms with Gasteiger partial charge in [0, 0.05) is 13.7 Å². The number of ether oxygens (including phenoxy) is 1. The lowest BCUT2D eigenvalue weighted by atomic mass is 10.1. The molecule has 1 unspecified atom stereocenters. The molecule has 1 N–H and O–H groups in total. The van der Waals surface area contributed by atoms with Crippen molar-refractivity contribution >= 4 is 0 Å². The summed E-state index contributed by atoms with van der Waals surface area (Å²) in [6, 6.07) is 8.48. The molecule has 0 radical (unpaired) electrons. The Kier molecular flexibility index (Phi) is 4.71. The molecule has 4 heteroatoms. The van der Waals surface area contributed by atoms with E-state index in [0.29, 0.717) is 6.61 Å². The molecular formula is C15H20N2O2. The summed E-state index contributed by atoms with van der Waals surface area (Å²) in [4.78, 5) is 4.22. The van der Waals surface area contributed by atoms with E-state index in [1.165, 1.54) is 11.1 Å². The van der Waals surface area contributed by atoms with Crippen LogP contribution in [0.25, 0.3) is 0 Å². The molecule has 0 aliphatic rings. The second-order valence-electron chi connectivity index (χ2n) is 4.66. The predicted octanol–water partition coefficient (Wildman–Crippen LogP) is 2.98. The van der Waals surface area contributed by atoms with Crippen LogP contribution in [-0.4, -0.2) is 12.1 Å². The van der Waals surface area contributed by atoms with Crippen LogP contribution in [0, 0.1) is 6.92 Å². The van der Waals surface area contributed by atoms with Gasteiger partial charge in [-0.2, -0.15) is 0 Å². The van der Waals surface area contributed by atoms with E-state index in [1.807, 2.05) is 13.8 Å². The molecule has 1 atom stereocenters. The first kappa shape index (κ1) is 13.8. The van der Waals surface area contributed by atoms with Crippen molar-refractivity contribution in [2.75, 3.05) is 7.11 Å². The number of rotatable bonds is 6. The topological polar surface area (TPSA) is 47.3 Å². The number of aryl methyl sites for hydroxylation is 1. The molecule has 0 fully saturated rings. The normalized spacial score (nSPS) is 12.6. The van der Waals surface area contributed by atoms with Crippen molar-refractivity contribution in [3.05, 3.63) is 53.2 Å². The van der Waals surface area contributed by atoms with Gasteiger partial charge in [0.2, 0.25) is 5.89 Å². The van der Waals surface area contributed by atoms with Crippen molar-refractivity contribution < 1.29 is 9.15 Å². The molecule has 0 aliphatic carbocycles. The molecule has 2 rings (SSSR count). The van der Waals surface area contributed by atoms with Gasteiger partial charge in [-0.3, -0.25) is 0 Å². The molecular weight excluding hydrogens is 240 g/mol. The smallest absolute Gasteiger partial charge is 0.211 e. The van der Waals surface area contributed by atoms with Gasteiger partial charge < -0.3 is 14.5 Å². The lowest BCUT2D eigenvalue weighted by Crippen LogP contribution is -2.18. The quantitative estimate of drug-likeness (QED) is 0.867. The summed E-state index contributed by atoms with van der Waals surface area (Å²) in [7, 11) is 1.70. The molecule has 0 amide bonds. The second kappa shape index (κ2) is 6.50. The zero-order chi connectivity index (χ0) is 13.7. The minimum Gasteiger partial charge on any atom is -0.444 e. The van der Waals surface area contributed by atoms with E-state index in [-0.39, 0.29) is 6.04 Å². The number of hydrogen-bond donors (Lipinski definition) is 1. The Labute approximate surface area is 113 Å². The van der Waals surface area contributed by atoms with Crippen LogP contribution in [0.4, 0.5) is 0 Å². The molecule has 2 aromatic rings. The average Bonchev–Trinajstić information content (AvgIpc) is 2.85. The summed E-state index contributed by atoms with van der Waals surface area (Å²) in [6.07, 6.45) is 1.74. The second-order valence-corrected chi connectivity index (χ2v) is 4.66. The summed E-state index contributed by atoms with van der Waals surface area (Å²) < 4.78 is 10.6. The van der Waals surface area contributed by atoms with Crippen LogP contribution < -0.4 is 5.32 Å². The van der Waals surface area contributed by atoms with Crippen molar-refractivity contribution in [1.82, 2.24) is 10.3 Å². The Morgan fingerprint density at radius 3 is 2.53 bits per heavy atom. The summed E-state index contributed by atoms with van der Waals surface area (Å²) in [5.41, 5.74) is 2.41. The minimum atomic E-state index is 0.104. The zero-order valence-electron chi connectivity index (χ0n) is 11.6. The Bertz CT molecular complexity index is 505. The first-order valence-electron chi connectivity index (χ1n) is 6.41. The van der Waals surface area contributed by atoms with Gasteiger partial charge in [-0.1, -0.05) is 24.3 Å². The molecule has 0 spiro atoms. The van der Waals surface area contributed by atoms with Crippen LogP contribution in [0.15, 0.2) is 34.9 Å². The number of hydrogen-bond acceptors (Lipinski definition) is 4. The van der Waals surface area contributed by atoms with Crippen LogP contribution >= 0.6 is 0 Å². The lowest BCUT2D eigenvalue weighted by molar-refractivity contribution is 0.185. The van der Waals surface area contributed by atoms with E-state index in [1.54, 1.807) is 13.3 Å². The molecule has 19 heavy (non-hydrogen) atoms. The van der Waals surface area contributed by atoms with Crippen molar-refractivity contribution in [2.45, 2.75) is 33.0 Å². The van der Waals surface area contributed by atoms with Gasteiger partial charge in [0.05, 0.1) is 18.8 Å². The van der Waals surface area contributed by atoms with Crippen LogP contribution in [-0.2, 0) is 17.9 Å². The highest BCUT2D eigenvalue weighted by molar-refractivity contribution is 5.22. The maximum Gasteiger partial charge on any atom is 0.211 e. The SMILES string of the molecule is COCc1ccc(CNC(C)c2ncc(C)o2)cc1. The Morgan fingerprint density at radius 1 is 1.26 bits per heavy atom. The van der Waals surface area contributed by atoms with E-state index in [9.17, 15) is 0 Å². The van der Waals surface area contributed by atoms with E-state index in [4.69, 9.17) is 9.15 Å². The van der Waals surface area contributed by atoms with Gasteiger partial charge in [0.15, 0.2) is 0 Å². The molecule has 4 nitrogen and oxygen atoms in total. The molecule has 102 valence electrons. The van der Waals surface area contributed by atoms with Crippen LogP contribution in [0.1, 0.15) is 35.7 Å². The fraction of sp³-hybridized carbons (Fsp3) is 0.400. The Balaban J connectivity index is 1.87. The van der Waals surface area contributed by atoms with Gasteiger partial charge in [-0.15, -0.1) is 0 Å². The summed E-state index contributed by atoms with van der Waals surface area (Å²) >= 11 is 0. The van der Waals surface area contributed by atoms with Gasteiger partial charge in [0.25, 0.3) is 0 Å². The number of oxazole rings is 1. The fourth-order valence-corrected chi connectivity index (χ4v) is 1.85. The Hall–Kier alpha value is -1.65. The first-order chi connectivity index (χ1) is 9.19. The largest absolute Gasteiger partial charge is 0.444 e. The summed E-state index contributed by atoms with van der Waals surface area (Å²) in [5.74, 6) is 1.57. The van der Waals surface area contributed by atoms with Crippen LogP contribution in [0.5, 0.6) is 0 Å². The molecule has 1 aromatic heterocycles. The zero-order valence-corrected chi connectivity index (χ0v) is 11.6. The van der Waals surface area contributed by atoms with Gasteiger partial charge in [-0.25, -0.2) is 4.98 Å². The first-order valence-corrected chi connectivity index (χ1v) is 6.41.